The van der Waals surface area contributed by atoms with Gasteiger partial charge < -0.3 is 5.11 Å². The molecule has 0 atom stereocenters. The number of phenols is 1. The number of rotatable bonds is 5. The molecular formula is C19H22ClN3O. The number of hydrogen-bond donors (Lipinski definition) is 1. The SMILES string of the molecule is Cc1cc(CCCC(C)C)c(O)c(-n2nc3ccc(Cl)cc3n2)c1. The average molecular weight is 344 g/mol. The number of halogens is 1. The molecule has 2 aromatic carbocycles. The van der Waals surface area contributed by atoms with Crippen LogP contribution in [0.3, 0.4) is 0 Å². The lowest BCUT2D eigenvalue weighted by molar-refractivity contribution is 0.456. The van der Waals surface area contributed by atoms with E-state index in [0.717, 1.165) is 35.9 Å². The van der Waals surface area contributed by atoms with Gasteiger partial charge in [-0.25, -0.2) is 0 Å². The highest BCUT2D eigenvalue weighted by Crippen LogP contribution is 2.29. The van der Waals surface area contributed by atoms with E-state index in [1.807, 2.05) is 25.1 Å². The highest BCUT2D eigenvalue weighted by Gasteiger charge is 2.14. The fourth-order valence-electron chi connectivity index (χ4n) is 2.87. The van der Waals surface area contributed by atoms with Gasteiger partial charge in [0.25, 0.3) is 0 Å². The highest BCUT2D eigenvalue weighted by atomic mass is 35.5. The van der Waals surface area contributed by atoms with Gasteiger partial charge in [-0.2, -0.15) is 0 Å². The monoisotopic (exact) mass is 343 g/mol. The van der Waals surface area contributed by atoms with Crippen LogP contribution in [0.5, 0.6) is 5.75 Å². The minimum Gasteiger partial charge on any atom is -0.505 e. The largest absolute Gasteiger partial charge is 0.505 e. The molecule has 0 unspecified atom stereocenters. The summed E-state index contributed by atoms with van der Waals surface area (Å²) in [6.45, 7) is 6.45. The van der Waals surface area contributed by atoms with Gasteiger partial charge in [0.05, 0.1) is 0 Å². The third kappa shape index (κ3) is 3.54. The van der Waals surface area contributed by atoms with Crippen LogP contribution in [0, 0.1) is 12.8 Å². The molecule has 0 spiro atoms. The van der Waals surface area contributed by atoms with Crippen molar-refractivity contribution in [3.63, 3.8) is 0 Å². The summed E-state index contributed by atoms with van der Waals surface area (Å²) >= 11 is 6.01. The lowest BCUT2D eigenvalue weighted by atomic mass is 10.00. The molecule has 1 aromatic heterocycles. The van der Waals surface area contributed by atoms with Crippen LogP contribution in [0.15, 0.2) is 30.3 Å². The van der Waals surface area contributed by atoms with Gasteiger partial charge in [-0.3, -0.25) is 0 Å². The van der Waals surface area contributed by atoms with Crippen molar-refractivity contribution in [3.8, 4) is 11.4 Å². The second kappa shape index (κ2) is 6.81. The summed E-state index contributed by atoms with van der Waals surface area (Å²) in [5.74, 6) is 0.926. The van der Waals surface area contributed by atoms with E-state index in [9.17, 15) is 5.11 Å². The Morgan fingerprint density at radius 3 is 2.62 bits per heavy atom. The van der Waals surface area contributed by atoms with Crippen LogP contribution >= 0.6 is 11.6 Å². The number of aromatic hydroxyl groups is 1. The average Bonchev–Trinajstić information content (AvgIpc) is 2.92. The summed E-state index contributed by atoms with van der Waals surface area (Å²) in [7, 11) is 0. The number of hydrogen-bond acceptors (Lipinski definition) is 3. The summed E-state index contributed by atoms with van der Waals surface area (Å²) in [4.78, 5) is 1.50. The van der Waals surface area contributed by atoms with Crippen molar-refractivity contribution in [2.45, 2.75) is 40.0 Å². The molecule has 4 nitrogen and oxygen atoms in total. The number of benzene rings is 2. The van der Waals surface area contributed by atoms with Crippen LogP contribution in [0.4, 0.5) is 0 Å². The maximum Gasteiger partial charge on any atom is 0.146 e. The zero-order chi connectivity index (χ0) is 17.3. The van der Waals surface area contributed by atoms with Crippen molar-refractivity contribution in [2.24, 2.45) is 5.92 Å². The third-order valence-corrected chi connectivity index (χ3v) is 4.33. The van der Waals surface area contributed by atoms with E-state index in [2.05, 4.69) is 24.0 Å². The normalized spacial score (nSPS) is 11.5. The molecule has 3 aromatic rings. The van der Waals surface area contributed by atoms with Crippen LogP contribution < -0.4 is 0 Å². The molecule has 0 aliphatic heterocycles. The smallest absolute Gasteiger partial charge is 0.146 e. The van der Waals surface area contributed by atoms with Crippen LogP contribution in [0.25, 0.3) is 16.7 Å². The maximum atomic E-state index is 10.7. The zero-order valence-corrected chi connectivity index (χ0v) is 15.0. The Hall–Kier alpha value is -2.07. The second-order valence-corrected chi connectivity index (χ2v) is 7.14. The molecule has 126 valence electrons. The molecule has 0 aliphatic carbocycles. The van der Waals surface area contributed by atoms with Gasteiger partial charge in [-0.05, 0) is 61.1 Å². The van der Waals surface area contributed by atoms with Crippen molar-refractivity contribution in [1.29, 1.82) is 0 Å². The summed E-state index contributed by atoms with van der Waals surface area (Å²) in [6.07, 6.45) is 3.05. The van der Waals surface area contributed by atoms with Gasteiger partial charge in [0.2, 0.25) is 0 Å². The van der Waals surface area contributed by atoms with E-state index in [4.69, 9.17) is 11.6 Å². The molecule has 0 fully saturated rings. The van der Waals surface area contributed by atoms with E-state index in [-0.39, 0.29) is 5.75 Å². The van der Waals surface area contributed by atoms with Crippen molar-refractivity contribution in [1.82, 2.24) is 15.0 Å². The van der Waals surface area contributed by atoms with E-state index >= 15 is 0 Å². The van der Waals surface area contributed by atoms with Crippen molar-refractivity contribution < 1.29 is 5.11 Å². The first kappa shape index (κ1) is 16.8. The van der Waals surface area contributed by atoms with E-state index in [1.165, 1.54) is 4.80 Å². The van der Waals surface area contributed by atoms with Gasteiger partial charge in [0, 0.05) is 5.02 Å². The topological polar surface area (TPSA) is 50.9 Å². The minimum atomic E-state index is 0.260. The Labute approximate surface area is 147 Å². The van der Waals surface area contributed by atoms with Crippen LogP contribution in [-0.4, -0.2) is 20.1 Å². The highest BCUT2D eigenvalue weighted by molar-refractivity contribution is 6.31. The van der Waals surface area contributed by atoms with Gasteiger partial charge >= 0.3 is 0 Å². The lowest BCUT2D eigenvalue weighted by Crippen LogP contribution is -2.02. The number of fused-ring (bicyclic) bond motifs is 1. The van der Waals surface area contributed by atoms with Crippen LogP contribution in [0.2, 0.25) is 5.02 Å². The Morgan fingerprint density at radius 1 is 1.12 bits per heavy atom. The summed E-state index contributed by atoms with van der Waals surface area (Å²) in [5.41, 5.74) is 4.11. The Balaban J connectivity index is 1.98. The predicted octanol–water partition coefficient (Wildman–Crippen LogP) is 5.07. The third-order valence-electron chi connectivity index (χ3n) is 4.10. The first-order chi connectivity index (χ1) is 11.4. The van der Waals surface area contributed by atoms with Gasteiger partial charge in [-0.15, -0.1) is 15.0 Å². The number of phenolic OH excluding ortho intramolecular Hbond substituents is 1. The second-order valence-electron chi connectivity index (χ2n) is 6.70. The predicted molar refractivity (Wildman–Crippen MR) is 98.1 cm³/mol. The fourth-order valence-corrected chi connectivity index (χ4v) is 3.04. The maximum absolute atomic E-state index is 10.7. The summed E-state index contributed by atoms with van der Waals surface area (Å²) in [5, 5.41) is 20.2. The standard InChI is InChI=1S/C19H22ClN3O/c1-12(2)5-4-6-14-9-13(3)10-18(19(14)24)23-21-16-8-7-15(20)11-17(16)22-23/h7-12,24H,4-6H2,1-3H3. The molecule has 1 heterocycles. The Morgan fingerprint density at radius 2 is 1.88 bits per heavy atom. The first-order valence-electron chi connectivity index (χ1n) is 8.29. The molecule has 0 radical (unpaired) electrons. The van der Waals surface area contributed by atoms with Crippen LogP contribution in [0.1, 0.15) is 37.8 Å². The molecule has 0 saturated heterocycles. The van der Waals surface area contributed by atoms with E-state index in [1.54, 1.807) is 12.1 Å². The molecule has 5 heteroatoms. The first-order valence-corrected chi connectivity index (χ1v) is 8.67. The molecule has 3 rings (SSSR count). The fraction of sp³-hybridized carbons (Fsp3) is 0.368. The van der Waals surface area contributed by atoms with Crippen molar-refractivity contribution >= 4 is 22.6 Å². The van der Waals surface area contributed by atoms with Gasteiger partial charge in [0.15, 0.2) is 0 Å². The summed E-state index contributed by atoms with van der Waals surface area (Å²) in [6, 6.07) is 9.34. The number of aryl methyl sites for hydroxylation is 2. The number of nitrogens with zero attached hydrogens (tertiary/aromatic N) is 3. The summed E-state index contributed by atoms with van der Waals surface area (Å²) < 4.78 is 0. The molecule has 24 heavy (non-hydrogen) atoms. The minimum absolute atomic E-state index is 0.260. The Kier molecular flexibility index (Phi) is 4.76. The van der Waals surface area contributed by atoms with E-state index < -0.39 is 0 Å². The number of aromatic nitrogens is 3. The quantitative estimate of drug-likeness (QED) is 0.703. The Bertz CT molecular complexity index is 870. The zero-order valence-electron chi connectivity index (χ0n) is 14.3. The molecule has 0 aliphatic rings. The molecular weight excluding hydrogens is 322 g/mol. The van der Waals surface area contributed by atoms with E-state index in [0.29, 0.717) is 22.1 Å². The lowest BCUT2D eigenvalue weighted by Gasteiger charge is -2.11. The van der Waals surface area contributed by atoms with Gasteiger partial charge in [-0.1, -0.05) is 37.9 Å². The van der Waals surface area contributed by atoms with Crippen molar-refractivity contribution in [2.75, 3.05) is 0 Å². The molecule has 0 bridgehead atoms. The molecule has 0 amide bonds. The molecule has 1 N–H and O–H groups in total. The van der Waals surface area contributed by atoms with Crippen molar-refractivity contribution in [3.05, 3.63) is 46.5 Å². The van der Waals surface area contributed by atoms with Crippen LogP contribution in [-0.2, 0) is 6.42 Å². The van der Waals surface area contributed by atoms with Gasteiger partial charge in [0.1, 0.15) is 22.5 Å². The molecule has 0 saturated carbocycles.